The van der Waals surface area contributed by atoms with Gasteiger partial charge < -0.3 is 10.6 Å². The molecule has 0 unspecified atom stereocenters. The summed E-state index contributed by atoms with van der Waals surface area (Å²) in [6, 6.07) is 19.1. The Labute approximate surface area is 232 Å². The highest BCUT2D eigenvalue weighted by Gasteiger charge is 2.36. The molecule has 204 valence electrons. The molecule has 2 aromatic heterocycles. The van der Waals surface area contributed by atoms with Gasteiger partial charge >= 0.3 is 0 Å². The van der Waals surface area contributed by atoms with E-state index in [1.807, 2.05) is 55.5 Å². The van der Waals surface area contributed by atoms with Gasteiger partial charge in [0.1, 0.15) is 17.7 Å². The number of nitrogens with one attached hydrogen (secondary N) is 2. The summed E-state index contributed by atoms with van der Waals surface area (Å²) in [6.45, 7) is 2.75. The van der Waals surface area contributed by atoms with E-state index in [2.05, 4.69) is 15.6 Å². The molecule has 0 saturated carbocycles. The zero-order chi connectivity index (χ0) is 28.1. The smallest absolute Gasteiger partial charge is 0.244 e. The van der Waals surface area contributed by atoms with E-state index in [4.69, 9.17) is 4.98 Å². The Kier molecular flexibility index (Phi) is 7.99. The lowest BCUT2D eigenvalue weighted by atomic mass is 10.1. The van der Waals surface area contributed by atoms with Gasteiger partial charge in [-0.05, 0) is 60.5 Å². The van der Waals surface area contributed by atoms with Gasteiger partial charge in [-0.25, -0.2) is 17.8 Å². The largest absolute Gasteiger partial charge is 0.366 e. The van der Waals surface area contributed by atoms with Crippen molar-refractivity contribution in [2.45, 2.75) is 31.0 Å². The predicted molar refractivity (Wildman–Crippen MR) is 151 cm³/mol. The summed E-state index contributed by atoms with van der Waals surface area (Å²) in [7, 11) is -4.00. The third-order valence-electron chi connectivity index (χ3n) is 6.50. The van der Waals surface area contributed by atoms with Crippen LogP contribution in [-0.2, 0) is 27.9 Å². The molecule has 1 atom stereocenters. The fourth-order valence-electron chi connectivity index (χ4n) is 4.35. The molecular formula is C30H28FN5O3S. The van der Waals surface area contributed by atoms with E-state index in [0.717, 1.165) is 44.4 Å². The van der Waals surface area contributed by atoms with E-state index in [9.17, 15) is 17.6 Å². The molecule has 2 aromatic carbocycles. The lowest BCUT2D eigenvalue weighted by Gasteiger charge is -2.23. The predicted octanol–water partition coefficient (Wildman–Crippen LogP) is 4.45. The van der Waals surface area contributed by atoms with Crippen LogP contribution in [0.3, 0.4) is 0 Å². The summed E-state index contributed by atoms with van der Waals surface area (Å²) in [5.74, 6) is -0.366. The molecule has 3 heterocycles. The maximum atomic E-state index is 13.3. The van der Waals surface area contributed by atoms with Crippen LogP contribution in [-0.4, -0.2) is 41.2 Å². The first-order valence-electron chi connectivity index (χ1n) is 12.7. The Morgan fingerprint density at radius 3 is 2.52 bits per heavy atom. The summed E-state index contributed by atoms with van der Waals surface area (Å²) in [6.07, 6.45) is 6.68. The highest BCUT2D eigenvalue weighted by molar-refractivity contribution is 7.89. The van der Waals surface area contributed by atoms with E-state index in [-0.39, 0.29) is 18.0 Å². The summed E-state index contributed by atoms with van der Waals surface area (Å²) in [5.41, 5.74) is 4.59. The van der Waals surface area contributed by atoms with E-state index >= 15 is 0 Å². The quantitative estimate of drug-likeness (QED) is 0.295. The monoisotopic (exact) mass is 557 g/mol. The summed E-state index contributed by atoms with van der Waals surface area (Å²) >= 11 is 0. The normalized spacial score (nSPS) is 15.2. The number of halogens is 1. The fourth-order valence-corrected chi connectivity index (χ4v) is 5.85. The number of nitrogens with zero attached hydrogens (tertiary/aromatic N) is 3. The van der Waals surface area contributed by atoms with Crippen LogP contribution in [0.25, 0.3) is 11.3 Å². The average Bonchev–Trinajstić information content (AvgIpc) is 3.47. The van der Waals surface area contributed by atoms with Crippen LogP contribution in [0.2, 0.25) is 0 Å². The summed E-state index contributed by atoms with van der Waals surface area (Å²) in [5, 5.41) is 6.20. The highest BCUT2D eigenvalue weighted by atomic mass is 32.2. The lowest BCUT2D eigenvalue weighted by Crippen LogP contribution is -2.45. The Balaban J connectivity index is 1.34. The molecule has 0 aliphatic carbocycles. The van der Waals surface area contributed by atoms with E-state index in [1.54, 1.807) is 24.5 Å². The molecule has 5 rings (SSSR count). The lowest BCUT2D eigenvalue weighted by molar-refractivity contribution is -0.123. The molecule has 8 nitrogen and oxygen atoms in total. The first-order valence-corrected chi connectivity index (χ1v) is 14.2. The number of carbonyl (C=O) groups is 1. The van der Waals surface area contributed by atoms with Crippen LogP contribution < -0.4 is 10.6 Å². The van der Waals surface area contributed by atoms with Crippen LogP contribution in [0.1, 0.15) is 16.7 Å². The minimum atomic E-state index is -4.00. The zero-order valence-electron chi connectivity index (χ0n) is 21.8. The first kappa shape index (κ1) is 27.2. The highest BCUT2D eigenvalue weighted by Crippen LogP contribution is 2.24. The third kappa shape index (κ3) is 6.24. The summed E-state index contributed by atoms with van der Waals surface area (Å²) < 4.78 is 40.8. The molecule has 0 radical (unpaired) electrons. The fraction of sp³-hybridized carbons (Fsp3) is 0.167. The van der Waals surface area contributed by atoms with Gasteiger partial charge in [-0.15, -0.1) is 0 Å². The molecular weight excluding hydrogens is 529 g/mol. The van der Waals surface area contributed by atoms with Crippen LogP contribution in [0.5, 0.6) is 0 Å². The van der Waals surface area contributed by atoms with Gasteiger partial charge in [0.2, 0.25) is 15.9 Å². The van der Waals surface area contributed by atoms with Crippen LogP contribution in [0, 0.1) is 12.7 Å². The van der Waals surface area contributed by atoms with Crippen LogP contribution in [0.4, 0.5) is 10.2 Å². The van der Waals surface area contributed by atoms with Gasteiger partial charge in [-0.1, -0.05) is 48.0 Å². The Bertz CT molecular complexity index is 1630. The van der Waals surface area contributed by atoms with Gasteiger partial charge in [0.05, 0.1) is 10.6 Å². The second-order valence-electron chi connectivity index (χ2n) is 9.45. The van der Waals surface area contributed by atoms with Crippen LogP contribution in [0.15, 0.2) is 102 Å². The SMILES string of the molecule is Cc1ccc(-c2cc(CNC(=O)[C@@H]3C=CCN3S(=O)(=O)c3ccc(F)cc3)cc(NCc3cccnc3)n2)cc1. The van der Waals surface area contributed by atoms with Crippen molar-refractivity contribution in [1.29, 1.82) is 0 Å². The number of pyridine rings is 2. The van der Waals surface area contributed by atoms with Gasteiger partial charge in [0.25, 0.3) is 0 Å². The number of carbonyl (C=O) groups excluding carboxylic acids is 1. The molecule has 0 spiro atoms. The van der Waals surface area contributed by atoms with Crippen molar-refractivity contribution in [1.82, 2.24) is 19.6 Å². The first-order chi connectivity index (χ1) is 19.3. The molecule has 0 fully saturated rings. The zero-order valence-corrected chi connectivity index (χ0v) is 22.6. The van der Waals surface area contributed by atoms with Gasteiger partial charge in [0, 0.05) is 37.6 Å². The van der Waals surface area contributed by atoms with Crippen molar-refractivity contribution < 1.29 is 17.6 Å². The molecule has 1 aliphatic heterocycles. The number of hydrogen-bond donors (Lipinski definition) is 2. The van der Waals surface area contributed by atoms with Crippen molar-refractivity contribution in [3.8, 4) is 11.3 Å². The van der Waals surface area contributed by atoms with Crippen molar-refractivity contribution in [3.63, 3.8) is 0 Å². The van der Waals surface area contributed by atoms with E-state index in [1.165, 1.54) is 12.1 Å². The number of rotatable bonds is 9. The molecule has 0 bridgehead atoms. The summed E-state index contributed by atoms with van der Waals surface area (Å²) in [4.78, 5) is 22.0. The number of aryl methyl sites for hydroxylation is 1. The van der Waals surface area contributed by atoms with E-state index < -0.39 is 27.8 Å². The number of sulfonamides is 1. The maximum Gasteiger partial charge on any atom is 0.244 e. The number of aromatic nitrogens is 2. The van der Waals surface area contributed by atoms with Crippen molar-refractivity contribution in [2.24, 2.45) is 0 Å². The van der Waals surface area contributed by atoms with Crippen molar-refractivity contribution in [2.75, 3.05) is 11.9 Å². The average molecular weight is 558 g/mol. The molecule has 10 heteroatoms. The Morgan fingerprint density at radius 2 is 1.80 bits per heavy atom. The van der Waals surface area contributed by atoms with Crippen molar-refractivity contribution >= 4 is 21.7 Å². The minimum Gasteiger partial charge on any atom is -0.366 e. The third-order valence-corrected chi connectivity index (χ3v) is 8.36. The Hall–Kier alpha value is -4.41. The maximum absolute atomic E-state index is 13.3. The second-order valence-corrected chi connectivity index (χ2v) is 11.3. The molecule has 1 amide bonds. The molecule has 40 heavy (non-hydrogen) atoms. The molecule has 1 aliphatic rings. The topological polar surface area (TPSA) is 104 Å². The van der Waals surface area contributed by atoms with Gasteiger partial charge in [-0.3, -0.25) is 9.78 Å². The molecule has 0 saturated heterocycles. The van der Waals surface area contributed by atoms with Crippen molar-refractivity contribution in [3.05, 3.63) is 120 Å². The number of benzene rings is 2. The second kappa shape index (κ2) is 11.8. The standard InChI is InChI=1S/C30H28FN5O3S/c1-21-6-8-24(9-7-21)27-16-23(17-29(35-27)33-19-22-4-2-14-32-18-22)20-34-30(37)28-5-3-15-36(28)40(38,39)26-12-10-25(31)11-13-26/h2-14,16-18,28H,15,19-20H2,1H3,(H,33,35)(H,34,37)/t28-/m0/s1. The Morgan fingerprint density at radius 1 is 1.02 bits per heavy atom. The number of anilines is 1. The number of hydrogen-bond acceptors (Lipinski definition) is 6. The minimum absolute atomic E-state index is 0.0486. The van der Waals surface area contributed by atoms with Gasteiger partial charge in [0.15, 0.2) is 0 Å². The van der Waals surface area contributed by atoms with E-state index in [0.29, 0.717) is 12.4 Å². The molecule has 2 N–H and O–H groups in total. The molecule has 4 aromatic rings. The van der Waals surface area contributed by atoms with Gasteiger partial charge in [-0.2, -0.15) is 4.31 Å². The number of amides is 1. The van der Waals surface area contributed by atoms with Crippen LogP contribution >= 0.6 is 0 Å².